The Kier molecular flexibility index (Phi) is 6.92. The van der Waals surface area contributed by atoms with E-state index in [2.05, 4.69) is 0 Å². The molecule has 2 nitrogen and oxygen atoms in total. The van der Waals surface area contributed by atoms with Gasteiger partial charge in [-0.1, -0.05) is 0 Å². The predicted molar refractivity (Wildman–Crippen MR) is 48.9 cm³/mol. The molecule has 0 aliphatic carbocycles. The summed E-state index contributed by atoms with van der Waals surface area (Å²) in [4.78, 5) is 0. The number of hydrogen-bond donors (Lipinski definition) is 0. The highest BCUT2D eigenvalue weighted by Crippen LogP contribution is 2.60. The molecule has 0 aliphatic rings. The number of rotatable bonds is 8. The Morgan fingerprint density at radius 3 is 0.613 bits per heavy atom. The van der Waals surface area contributed by atoms with Crippen molar-refractivity contribution < 1.29 is 97.3 Å². The fraction of sp³-hybridized carbons (Fsp3) is 1.00. The minimum absolute atomic E-state index is 1.04. The average molecular weight is 520 g/mol. The third kappa shape index (κ3) is 4.82. The van der Waals surface area contributed by atoms with Crippen molar-refractivity contribution in [3.63, 3.8) is 0 Å². The van der Waals surface area contributed by atoms with E-state index in [1.165, 1.54) is 0 Å². The maximum absolute atomic E-state index is 13.0. The van der Waals surface area contributed by atoms with E-state index >= 15 is 0 Å². The van der Waals surface area contributed by atoms with Crippen molar-refractivity contribution in [2.24, 2.45) is 0 Å². The molecular weight excluding hydrogens is 520 g/mol. The van der Waals surface area contributed by atoms with E-state index in [9.17, 15) is 87.8 Å². The van der Waals surface area contributed by atoms with E-state index in [4.69, 9.17) is 0 Å². The lowest BCUT2D eigenvalue weighted by molar-refractivity contribution is -0.536. The van der Waals surface area contributed by atoms with Gasteiger partial charge in [0.1, 0.15) is 0 Å². The molecule has 188 valence electrons. The van der Waals surface area contributed by atoms with Crippen LogP contribution in [0.4, 0.5) is 87.8 Å². The first-order chi connectivity index (χ1) is 12.9. The number of hydrogen-bond acceptors (Lipinski definition) is 2. The molecule has 0 radical (unpaired) electrons. The topological polar surface area (TPSA) is 18.5 Å². The summed E-state index contributed by atoms with van der Waals surface area (Å²) in [5, 5.41) is 0. The van der Waals surface area contributed by atoms with Gasteiger partial charge in [0.2, 0.25) is 0 Å². The SMILES string of the molecule is FC(F)(F)C(F)(F)OC(F)(F)C(F)(F)C(F)(F)C(F)(F)C(F)(F)OC(F)(F)C(F)(F)F. The van der Waals surface area contributed by atoms with Crippen LogP contribution in [0.15, 0.2) is 0 Å². The second-order valence-corrected chi connectivity index (χ2v) is 4.99. The van der Waals surface area contributed by atoms with Crippen LogP contribution in [0.2, 0.25) is 0 Å². The van der Waals surface area contributed by atoms with Crippen molar-refractivity contribution >= 4 is 0 Å². The molecule has 0 N–H and O–H groups in total. The molecule has 0 rings (SSSR count). The Labute approximate surface area is 153 Å². The fourth-order valence-electron chi connectivity index (χ4n) is 1.13. The lowest BCUT2D eigenvalue weighted by Crippen LogP contribution is -2.70. The van der Waals surface area contributed by atoms with E-state index in [0.717, 1.165) is 9.47 Å². The normalized spacial score (nSPS) is 16.6. The summed E-state index contributed by atoms with van der Waals surface area (Å²) in [6, 6.07) is 0. The molecule has 0 heterocycles. The van der Waals surface area contributed by atoms with Gasteiger partial charge >= 0.3 is 54.6 Å². The highest BCUT2D eigenvalue weighted by atomic mass is 19.4. The van der Waals surface area contributed by atoms with E-state index in [1.54, 1.807) is 0 Å². The van der Waals surface area contributed by atoms with Crippen LogP contribution in [0.25, 0.3) is 0 Å². The van der Waals surface area contributed by atoms with Gasteiger partial charge in [0, 0.05) is 0 Å². The first kappa shape index (κ1) is 29.5. The zero-order valence-electron chi connectivity index (χ0n) is 12.9. The highest BCUT2D eigenvalue weighted by Gasteiger charge is 2.90. The van der Waals surface area contributed by atoms with Crippen LogP contribution >= 0.6 is 0 Å². The summed E-state index contributed by atoms with van der Waals surface area (Å²) in [5.74, 6) is -25.8. The van der Waals surface area contributed by atoms with Gasteiger partial charge in [-0.05, 0) is 0 Å². The Hall–Kier alpha value is -1.48. The summed E-state index contributed by atoms with van der Waals surface area (Å²) in [5.41, 5.74) is 0. The lowest BCUT2D eigenvalue weighted by Gasteiger charge is -2.39. The predicted octanol–water partition coefficient (Wildman–Crippen LogP) is 6.42. The van der Waals surface area contributed by atoms with E-state index < -0.39 is 54.6 Å². The van der Waals surface area contributed by atoms with Crippen LogP contribution in [0.1, 0.15) is 0 Å². The van der Waals surface area contributed by atoms with Crippen LogP contribution in [0.3, 0.4) is 0 Å². The Bertz CT molecular complexity index is 586. The third-order valence-corrected chi connectivity index (χ3v) is 2.69. The van der Waals surface area contributed by atoms with Gasteiger partial charge in [-0.15, -0.1) is 0 Å². The van der Waals surface area contributed by atoms with Gasteiger partial charge in [0.15, 0.2) is 0 Å². The summed E-state index contributed by atoms with van der Waals surface area (Å²) in [6.45, 7) is 0. The first-order valence-electron chi connectivity index (χ1n) is 6.10. The molecule has 0 aromatic carbocycles. The van der Waals surface area contributed by atoms with Crippen LogP contribution in [0, 0.1) is 0 Å². The lowest BCUT2D eigenvalue weighted by atomic mass is 10.0. The fourth-order valence-corrected chi connectivity index (χ4v) is 1.13. The van der Waals surface area contributed by atoms with Gasteiger partial charge in [-0.2, -0.15) is 87.8 Å². The molecule has 22 heteroatoms. The zero-order valence-corrected chi connectivity index (χ0v) is 12.9. The zero-order chi connectivity index (χ0) is 25.9. The van der Waals surface area contributed by atoms with E-state index in [-0.39, 0.29) is 0 Å². The Balaban J connectivity index is 6.36. The second kappa shape index (κ2) is 7.27. The van der Waals surface area contributed by atoms with Crippen molar-refractivity contribution in [1.82, 2.24) is 0 Å². The molecule has 0 aliphatic heterocycles. The molecular formula is C9F20O2. The highest BCUT2D eigenvalue weighted by molar-refractivity contribution is 5.05. The van der Waals surface area contributed by atoms with Crippen molar-refractivity contribution in [1.29, 1.82) is 0 Å². The Morgan fingerprint density at radius 1 is 0.258 bits per heavy atom. The molecule has 0 saturated carbocycles. The van der Waals surface area contributed by atoms with Gasteiger partial charge in [0.25, 0.3) is 0 Å². The van der Waals surface area contributed by atoms with Crippen LogP contribution in [0.5, 0.6) is 0 Å². The van der Waals surface area contributed by atoms with Crippen molar-refractivity contribution in [3.8, 4) is 0 Å². The maximum atomic E-state index is 13.0. The monoisotopic (exact) mass is 520 g/mol. The smallest absolute Gasteiger partial charge is 0.243 e. The molecule has 0 aromatic rings. The number of ether oxygens (including phenoxy) is 2. The standard InChI is InChI=1S/C9F20O2/c10-1(11,2(12,13)6(22,23)30-8(26,27)4(16,17)18)3(14,15)7(24,25)31-9(28,29)5(19,20)21. The van der Waals surface area contributed by atoms with Crippen LogP contribution in [-0.4, -0.2) is 54.6 Å². The Morgan fingerprint density at radius 2 is 0.452 bits per heavy atom. The summed E-state index contributed by atoms with van der Waals surface area (Å²) in [6.07, 6.45) is -46.1. The molecule has 0 atom stereocenters. The van der Waals surface area contributed by atoms with Gasteiger partial charge in [-0.3, -0.25) is 0 Å². The molecule has 0 unspecified atom stereocenters. The van der Waals surface area contributed by atoms with Crippen molar-refractivity contribution in [3.05, 3.63) is 0 Å². The minimum Gasteiger partial charge on any atom is -0.243 e. The second-order valence-electron chi connectivity index (χ2n) is 4.99. The average Bonchev–Trinajstić information content (AvgIpc) is 2.41. The quantitative estimate of drug-likeness (QED) is 0.344. The molecule has 0 amide bonds. The van der Waals surface area contributed by atoms with Crippen LogP contribution in [-0.2, 0) is 9.47 Å². The van der Waals surface area contributed by atoms with E-state index in [1.807, 2.05) is 0 Å². The third-order valence-electron chi connectivity index (χ3n) is 2.69. The van der Waals surface area contributed by atoms with Crippen molar-refractivity contribution in [2.45, 2.75) is 54.6 Å². The van der Waals surface area contributed by atoms with Crippen LogP contribution < -0.4 is 0 Å². The molecule has 31 heavy (non-hydrogen) atoms. The summed E-state index contributed by atoms with van der Waals surface area (Å²) >= 11 is 0. The van der Waals surface area contributed by atoms with Gasteiger partial charge in [-0.25, -0.2) is 9.47 Å². The molecule has 0 aromatic heterocycles. The molecule has 0 bridgehead atoms. The largest absolute Gasteiger partial charge is 0.483 e. The van der Waals surface area contributed by atoms with Crippen molar-refractivity contribution in [2.75, 3.05) is 0 Å². The summed E-state index contributed by atoms with van der Waals surface area (Å²) in [7, 11) is 0. The summed E-state index contributed by atoms with van der Waals surface area (Å²) < 4.78 is 250. The number of alkyl halides is 20. The molecule has 0 spiro atoms. The maximum Gasteiger partial charge on any atom is 0.483 e. The molecule has 0 saturated heterocycles. The molecule has 0 fully saturated rings. The van der Waals surface area contributed by atoms with E-state index in [0.29, 0.717) is 0 Å². The minimum atomic E-state index is -8.67. The first-order valence-corrected chi connectivity index (χ1v) is 6.10. The number of halogens is 20. The van der Waals surface area contributed by atoms with Gasteiger partial charge < -0.3 is 0 Å². The van der Waals surface area contributed by atoms with Gasteiger partial charge in [0.05, 0.1) is 0 Å².